The van der Waals surface area contributed by atoms with Crippen LogP contribution in [-0.4, -0.2) is 12.7 Å². The molecule has 3 saturated carbocycles. The van der Waals surface area contributed by atoms with E-state index in [0.717, 1.165) is 42.1 Å². The highest BCUT2D eigenvalue weighted by molar-refractivity contribution is 5.25. The molecule has 0 amide bonds. The molecule has 0 N–H and O–H groups in total. The SMILES string of the molecule is CCCCOC1CC[C@@]2(C)C(=CC[C@H]3[C@@H]4CC[C@H]([C@H](C)CCCC(C)C)[C@@]4(C)CC[C@@H]32)C1. The highest BCUT2D eigenvalue weighted by Crippen LogP contribution is 2.67. The molecule has 184 valence electrons. The third-order valence-electron chi connectivity index (χ3n) is 11.1. The van der Waals surface area contributed by atoms with E-state index in [4.69, 9.17) is 4.74 Å². The van der Waals surface area contributed by atoms with E-state index in [1.165, 1.54) is 83.5 Å². The lowest BCUT2D eigenvalue weighted by Crippen LogP contribution is -2.51. The van der Waals surface area contributed by atoms with Crippen molar-refractivity contribution in [2.45, 2.75) is 131 Å². The van der Waals surface area contributed by atoms with Crippen molar-refractivity contribution in [1.82, 2.24) is 0 Å². The average Bonchev–Trinajstić information content (AvgIpc) is 3.11. The molecule has 0 aromatic carbocycles. The summed E-state index contributed by atoms with van der Waals surface area (Å²) in [5, 5.41) is 0. The molecule has 0 aliphatic heterocycles. The molecular formula is C31H54O. The van der Waals surface area contributed by atoms with Crippen LogP contribution in [0.15, 0.2) is 11.6 Å². The molecule has 32 heavy (non-hydrogen) atoms. The molecule has 1 heteroatoms. The van der Waals surface area contributed by atoms with Crippen molar-refractivity contribution >= 4 is 0 Å². The standard InChI is InChI=1S/C31H54O/c1-7-8-20-32-25-16-18-30(5)24(21-25)12-13-26-28-15-14-27(23(4)11-9-10-22(2)3)31(28,6)19-17-29(26)30/h12,22-23,25-29H,7-11,13-21H2,1-6H3/t23-,25?,26+,27-,28+,29+,30+,31-/m1/s1. The first-order chi connectivity index (χ1) is 15.3. The molecule has 0 heterocycles. The molecule has 4 aliphatic carbocycles. The van der Waals surface area contributed by atoms with Gasteiger partial charge in [0.05, 0.1) is 6.10 Å². The minimum atomic E-state index is 0.468. The van der Waals surface area contributed by atoms with Crippen molar-refractivity contribution in [1.29, 1.82) is 0 Å². The van der Waals surface area contributed by atoms with Gasteiger partial charge in [0.1, 0.15) is 0 Å². The summed E-state index contributed by atoms with van der Waals surface area (Å²) >= 11 is 0. The van der Waals surface area contributed by atoms with Crippen molar-refractivity contribution in [2.24, 2.45) is 46.3 Å². The topological polar surface area (TPSA) is 9.23 Å². The minimum absolute atomic E-state index is 0.468. The zero-order chi connectivity index (χ0) is 22.9. The van der Waals surface area contributed by atoms with Crippen molar-refractivity contribution in [3.63, 3.8) is 0 Å². The van der Waals surface area contributed by atoms with E-state index in [9.17, 15) is 0 Å². The maximum absolute atomic E-state index is 6.29. The monoisotopic (exact) mass is 442 g/mol. The third-order valence-corrected chi connectivity index (χ3v) is 11.1. The second kappa shape index (κ2) is 10.1. The zero-order valence-electron chi connectivity index (χ0n) is 22.4. The Morgan fingerprint density at radius 1 is 0.969 bits per heavy atom. The van der Waals surface area contributed by atoms with E-state index in [0.29, 0.717) is 16.9 Å². The Morgan fingerprint density at radius 2 is 1.78 bits per heavy atom. The molecule has 0 bridgehead atoms. The molecule has 0 spiro atoms. The van der Waals surface area contributed by atoms with E-state index in [-0.39, 0.29) is 0 Å². The molecule has 3 fully saturated rings. The van der Waals surface area contributed by atoms with Crippen molar-refractivity contribution in [2.75, 3.05) is 6.61 Å². The number of hydrogen-bond acceptors (Lipinski definition) is 1. The van der Waals surface area contributed by atoms with Crippen LogP contribution in [0.2, 0.25) is 0 Å². The molecule has 0 saturated heterocycles. The molecule has 1 nitrogen and oxygen atoms in total. The van der Waals surface area contributed by atoms with Gasteiger partial charge >= 0.3 is 0 Å². The highest BCUT2D eigenvalue weighted by Gasteiger charge is 2.59. The van der Waals surface area contributed by atoms with Gasteiger partial charge in [0, 0.05) is 6.61 Å². The predicted molar refractivity (Wildman–Crippen MR) is 138 cm³/mol. The Balaban J connectivity index is 1.42. The molecule has 0 radical (unpaired) electrons. The first-order valence-electron chi connectivity index (χ1n) is 14.6. The zero-order valence-corrected chi connectivity index (χ0v) is 22.4. The quantitative estimate of drug-likeness (QED) is 0.255. The van der Waals surface area contributed by atoms with Crippen molar-refractivity contribution in [3.05, 3.63) is 11.6 Å². The first-order valence-corrected chi connectivity index (χ1v) is 14.6. The number of unbranched alkanes of at least 4 members (excludes halogenated alkanes) is 1. The van der Waals surface area contributed by atoms with E-state index in [2.05, 4.69) is 47.6 Å². The summed E-state index contributed by atoms with van der Waals surface area (Å²) in [4.78, 5) is 0. The van der Waals surface area contributed by atoms with E-state index >= 15 is 0 Å². The Morgan fingerprint density at radius 3 is 2.53 bits per heavy atom. The fraction of sp³-hybridized carbons (Fsp3) is 0.935. The third kappa shape index (κ3) is 4.63. The van der Waals surface area contributed by atoms with Crippen LogP contribution in [0.4, 0.5) is 0 Å². The first kappa shape index (κ1) is 24.8. The number of allylic oxidation sites excluding steroid dienone is 1. The average molecular weight is 443 g/mol. The number of fused-ring (bicyclic) bond motifs is 5. The molecule has 4 aliphatic rings. The Kier molecular flexibility index (Phi) is 7.86. The van der Waals surface area contributed by atoms with Gasteiger partial charge in [0.15, 0.2) is 0 Å². The van der Waals surface area contributed by atoms with Crippen molar-refractivity contribution in [3.8, 4) is 0 Å². The van der Waals surface area contributed by atoms with Gasteiger partial charge in [0.2, 0.25) is 0 Å². The van der Waals surface area contributed by atoms with Gasteiger partial charge in [-0.3, -0.25) is 0 Å². The second-order valence-corrected chi connectivity index (χ2v) is 13.4. The number of hydrogen-bond donors (Lipinski definition) is 0. The Bertz CT molecular complexity index is 649. The van der Waals surface area contributed by atoms with E-state index < -0.39 is 0 Å². The summed E-state index contributed by atoms with van der Waals surface area (Å²) in [7, 11) is 0. The summed E-state index contributed by atoms with van der Waals surface area (Å²) in [6.45, 7) is 16.0. The van der Waals surface area contributed by atoms with Crippen LogP contribution in [0.3, 0.4) is 0 Å². The van der Waals surface area contributed by atoms with Gasteiger partial charge < -0.3 is 4.74 Å². The fourth-order valence-electron chi connectivity index (χ4n) is 9.19. The van der Waals surface area contributed by atoms with Crippen LogP contribution in [-0.2, 0) is 4.74 Å². The largest absolute Gasteiger partial charge is 0.378 e. The smallest absolute Gasteiger partial charge is 0.0612 e. The Labute approximate surface area is 200 Å². The maximum atomic E-state index is 6.29. The molecule has 1 unspecified atom stereocenters. The van der Waals surface area contributed by atoms with Gasteiger partial charge in [-0.05, 0) is 104 Å². The lowest BCUT2D eigenvalue weighted by Gasteiger charge is -2.58. The number of rotatable bonds is 9. The van der Waals surface area contributed by atoms with Gasteiger partial charge in [-0.25, -0.2) is 0 Å². The summed E-state index contributed by atoms with van der Waals surface area (Å²) in [6.07, 6.45) is 21.2. The second-order valence-electron chi connectivity index (χ2n) is 13.4. The summed E-state index contributed by atoms with van der Waals surface area (Å²) in [6, 6.07) is 0. The van der Waals surface area contributed by atoms with Crippen molar-refractivity contribution < 1.29 is 4.74 Å². The minimum Gasteiger partial charge on any atom is -0.378 e. The van der Waals surface area contributed by atoms with Gasteiger partial charge in [-0.15, -0.1) is 0 Å². The van der Waals surface area contributed by atoms with Crippen LogP contribution in [0.1, 0.15) is 125 Å². The predicted octanol–water partition coefficient (Wildman–Crippen LogP) is 9.21. The van der Waals surface area contributed by atoms with Gasteiger partial charge in [-0.1, -0.05) is 78.9 Å². The maximum Gasteiger partial charge on any atom is 0.0612 e. The lowest BCUT2D eigenvalue weighted by molar-refractivity contribution is -0.0640. The van der Waals surface area contributed by atoms with Crippen LogP contribution in [0.25, 0.3) is 0 Å². The molecule has 0 aromatic heterocycles. The van der Waals surface area contributed by atoms with Crippen LogP contribution >= 0.6 is 0 Å². The van der Waals surface area contributed by atoms with E-state index in [1.54, 1.807) is 5.57 Å². The molecule has 0 aromatic rings. The van der Waals surface area contributed by atoms with Crippen LogP contribution in [0, 0.1) is 46.3 Å². The highest BCUT2D eigenvalue weighted by atomic mass is 16.5. The lowest BCUT2D eigenvalue weighted by atomic mass is 9.47. The van der Waals surface area contributed by atoms with E-state index in [1.807, 2.05) is 0 Å². The summed E-state index contributed by atoms with van der Waals surface area (Å²) < 4.78 is 6.29. The van der Waals surface area contributed by atoms with Gasteiger partial charge in [-0.2, -0.15) is 0 Å². The summed E-state index contributed by atoms with van der Waals surface area (Å²) in [5.74, 6) is 5.62. The Hall–Kier alpha value is -0.300. The molecular weight excluding hydrogens is 388 g/mol. The number of ether oxygens (including phenoxy) is 1. The van der Waals surface area contributed by atoms with Crippen LogP contribution in [0.5, 0.6) is 0 Å². The molecule has 8 atom stereocenters. The fourth-order valence-corrected chi connectivity index (χ4v) is 9.19. The summed E-state index contributed by atoms with van der Waals surface area (Å²) in [5.41, 5.74) is 2.86. The van der Waals surface area contributed by atoms with Crippen LogP contribution < -0.4 is 0 Å². The molecule has 4 rings (SSSR count). The normalized spacial score (nSPS) is 42.2. The van der Waals surface area contributed by atoms with Gasteiger partial charge in [0.25, 0.3) is 0 Å².